The Bertz CT molecular complexity index is 1030. The zero-order valence-electron chi connectivity index (χ0n) is 19.4. The number of alkyl halides is 1. The van der Waals surface area contributed by atoms with E-state index in [2.05, 4.69) is 15.3 Å². The molecule has 4 rings (SSSR count). The maximum atomic E-state index is 14.5. The van der Waals surface area contributed by atoms with Crippen LogP contribution in [0.2, 0.25) is 0 Å². The number of halogens is 1. The normalized spacial score (nSPS) is 22.6. The van der Waals surface area contributed by atoms with Gasteiger partial charge in [-0.05, 0) is 50.2 Å². The molecule has 2 heterocycles. The first-order valence-electron chi connectivity index (χ1n) is 11.6. The molecule has 2 aromatic heterocycles. The average molecular weight is 476 g/mol. The fraction of sp³-hybridized carbons (Fsp3) is 0.609. The van der Waals surface area contributed by atoms with Crippen molar-refractivity contribution >= 4 is 12.1 Å². The number of ether oxygens (including phenoxy) is 2. The molecule has 0 radical (unpaired) electrons. The van der Waals surface area contributed by atoms with E-state index >= 15 is 0 Å². The molecule has 1 amide bonds. The van der Waals surface area contributed by atoms with E-state index in [1.54, 1.807) is 31.1 Å². The number of hydrogen-bond donors (Lipinski definition) is 1. The number of rotatable bonds is 8. The van der Waals surface area contributed by atoms with Crippen LogP contribution >= 0.6 is 0 Å². The highest BCUT2D eigenvalue weighted by Gasteiger charge is 2.44. The molecule has 2 aliphatic carbocycles. The van der Waals surface area contributed by atoms with Crippen LogP contribution in [0.4, 0.5) is 9.18 Å². The number of amides is 1. The van der Waals surface area contributed by atoms with E-state index in [9.17, 15) is 14.0 Å². The number of carbonyl (C=O) groups excluding carboxylic acids is 1. The molecule has 0 aliphatic heterocycles. The Labute approximate surface area is 197 Å². The van der Waals surface area contributed by atoms with E-state index in [4.69, 9.17) is 14.6 Å². The molecular weight excluding hydrogens is 445 g/mol. The zero-order chi connectivity index (χ0) is 24.3. The van der Waals surface area contributed by atoms with Gasteiger partial charge < -0.3 is 19.5 Å². The van der Waals surface area contributed by atoms with Gasteiger partial charge in [0.05, 0.1) is 11.9 Å². The summed E-state index contributed by atoms with van der Waals surface area (Å²) in [4.78, 5) is 29.5. The molecule has 2 aliphatic rings. The second-order valence-corrected chi connectivity index (χ2v) is 9.23. The number of carboxylic acids is 1. The number of hydrogen-bond acceptors (Lipinski definition) is 7. The Morgan fingerprint density at radius 3 is 2.74 bits per heavy atom. The largest absolute Gasteiger partial charge is 0.489 e. The van der Waals surface area contributed by atoms with Crippen LogP contribution in [0, 0.1) is 5.92 Å². The molecule has 0 saturated heterocycles. The predicted molar refractivity (Wildman–Crippen MR) is 119 cm³/mol. The molecule has 184 valence electrons. The van der Waals surface area contributed by atoms with Crippen molar-refractivity contribution in [2.75, 3.05) is 13.6 Å². The minimum Gasteiger partial charge on any atom is -0.489 e. The Morgan fingerprint density at radius 2 is 2.09 bits per heavy atom. The number of carbonyl (C=O) groups is 2. The van der Waals surface area contributed by atoms with E-state index in [0.29, 0.717) is 48.1 Å². The molecule has 2 unspecified atom stereocenters. The van der Waals surface area contributed by atoms with Gasteiger partial charge in [0, 0.05) is 27.1 Å². The van der Waals surface area contributed by atoms with Crippen LogP contribution < -0.4 is 4.74 Å². The van der Waals surface area contributed by atoms with Gasteiger partial charge in [0.25, 0.3) is 0 Å². The summed E-state index contributed by atoms with van der Waals surface area (Å²) in [6.07, 6.45) is 4.89. The predicted octanol–water partition coefficient (Wildman–Crippen LogP) is 3.36. The molecule has 10 nitrogen and oxygen atoms in total. The third-order valence-corrected chi connectivity index (χ3v) is 6.66. The molecule has 2 saturated carbocycles. The number of pyridine rings is 1. The maximum Gasteiger partial charge on any atom is 0.409 e. The van der Waals surface area contributed by atoms with Crippen LogP contribution in [0.3, 0.4) is 0 Å². The topological polar surface area (TPSA) is 120 Å². The van der Waals surface area contributed by atoms with Crippen molar-refractivity contribution < 1.29 is 28.6 Å². The van der Waals surface area contributed by atoms with Crippen LogP contribution in [-0.2, 0) is 23.2 Å². The summed E-state index contributed by atoms with van der Waals surface area (Å²) in [5, 5.41) is 17.3. The molecular formula is C23H30FN5O5. The lowest BCUT2D eigenvalue weighted by atomic mass is 9.84. The number of aryl methyl sites for hydroxylation is 1. The second kappa shape index (κ2) is 9.94. The van der Waals surface area contributed by atoms with E-state index < -0.39 is 23.8 Å². The highest BCUT2D eigenvalue weighted by molar-refractivity contribution is 5.77. The average Bonchev–Trinajstić information content (AvgIpc) is 3.15. The molecule has 2 aromatic rings. The molecule has 0 aromatic carbocycles. The summed E-state index contributed by atoms with van der Waals surface area (Å²) < 4.78 is 27.3. The smallest absolute Gasteiger partial charge is 0.409 e. The highest BCUT2D eigenvalue weighted by atomic mass is 19.1. The molecule has 34 heavy (non-hydrogen) atoms. The number of carboxylic acid groups (broad SMARTS) is 1. The molecule has 0 bridgehead atoms. The number of nitrogens with zero attached hydrogens (tertiary/aromatic N) is 5. The van der Waals surface area contributed by atoms with Crippen molar-refractivity contribution in [1.29, 1.82) is 0 Å². The summed E-state index contributed by atoms with van der Waals surface area (Å²) in [5.41, 5.74) is -0.658. The van der Waals surface area contributed by atoms with Crippen molar-refractivity contribution in [2.45, 2.75) is 63.3 Å². The molecule has 2 atom stereocenters. The Hall–Kier alpha value is -3.24. The van der Waals surface area contributed by atoms with Crippen molar-refractivity contribution in [2.24, 2.45) is 13.0 Å². The van der Waals surface area contributed by atoms with Crippen LogP contribution in [0.1, 0.15) is 50.6 Å². The van der Waals surface area contributed by atoms with Gasteiger partial charge in [0.15, 0.2) is 0 Å². The minimum absolute atomic E-state index is 0.00243. The number of aromatic nitrogens is 4. The van der Waals surface area contributed by atoms with Crippen LogP contribution in [0.25, 0.3) is 11.4 Å². The summed E-state index contributed by atoms with van der Waals surface area (Å²) in [5.74, 6) is -0.479. The number of aliphatic carboxylic acids is 1. The third kappa shape index (κ3) is 5.28. The van der Waals surface area contributed by atoms with Crippen molar-refractivity contribution in [3.8, 4) is 17.1 Å². The standard InChI is InChI=1S/C23H30FN5O5/c1-28(13-15-5-3-6-15)22(32)33-14-19-20(26-27-29(19)2)18-9-8-17(12-25-18)34-16-7-4-10-23(24,11-16)21(30)31/h8-9,12,15-16H,3-7,10-11,13-14H2,1-2H3,(H,30,31). The Balaban J connectivity index is 1.37. The second-order valence-electron chi connectivity index (χ2n) is 9.23. The van der Waals surface area contributed by atoms with E-state index in [1.165, 1.54) is 17.3 Å². The summed E-state index contributed by atoms with van der Waals surface area (Å²) in [6.45, 7) is 0.692. The first-order chi connectivity index (χ1) is 16.2. The molecule has 1 N–H and O–H groups in total. The maximum absolute atomic E-state index is 14.5. The lowest BCUT2D eigenvalue weighted by Crippen LogP contribution is -2.42. The van der Waals surface area contributed by atoms with Crippen LogP contribution in [0.5, 0.6) is 5.75 Å². The molecule has 0 spiro atoms. The van der Waals surface area contributed by atoms with Gasteiger partial charge in [-0.2, -0.15) is 0 Å². The van der Waals surface area contributed by atoms with Gasteiger partial charge in [-0.3, -0.25) is 4.98 Å². The molecule has 2 fully saturated rings. The van der Waals surface area contributed by atoms with Crippen LogP contribution in [-0.4, -0.2) is 67.4 Å². The van der Waals surface area contributed by atoms with Gasteiger partial charge >= 0.3 is 12.1 Å². The minimum atomic E-state index is -2.26. The summed E-state index contributed by atoms with van der Waals surface area (Å²) in [7, 11) is 3.45. The monoisotopic (exact) mass is 475 g/mol. The van der Waals surface area contributed by atoms with Gasteiger partial charge in [-0.1, -0.05) is 11.6 Å². The SMILES string of the molecule is CN(CC1CCC1)C(=O)OCc1c(-c2ccc(OC3CCCC(F)(C(=O)O)C3)cn2)nnn1C. The van der Waals surface area contributed by atoms with Crippen molar-refractivity contribution in [3.05, 3.63) is 24.0 Å². The lowest BCUT2D eigenvalue weighted by molar-refractivity contribution is -0.155. The lowest BCUT2D eigenvalue weighted by Gasteiger charge is -2.31. The van der Waals surface area contributed by atoms with E-state index in [1.807, 2.05) is 0 Å². The molecule has 11 heteroatoms. The van der Waals surface area contributed by atoms with E-state index in [0.717, 1.165) is 12.8 Å². The van der Waals surface area contributed by atoms with Gasteiger partial charge in [-0.25, -0.2) is 18.7 Å². The van der Waals surface area contributed by atoms with Gasteiger partial charge in [-0.15, -0.1) is 5.10 Å². The van der Waals surface area contributed by atoms with E-state index in [-0.39, 0.29) is 19.4 Å². The fourth-order valence-corrected chi connectivity index (χ4v) is 4.37. The van der Waals surface area contributed by atoms with Crippen LogP contribution in [0.15, 0.2) is 18.3 Å². The fourth-order valence-electron chi connectivity index (χ4n) is 4.37. The van der Waals surface area contributed by atoms with Gasteiger partial charge in [0.1, 0.15) is 29.8 Å². The summed E-state index contributed by atoms with van der Waals surface area (Å²) in [6, 6.07) is 3.37. The zero-order valence-corrected chi connectivity index (χ0v) is 19.4. The first kappa shape index (κ1) is 23.9. The first-order valence-corrected chi connectivity index (χ1v) is 11.6. The third-order valence-electron chi connectivity index (χ3n) is 6.66. The van der Waals surface area contributed by atoms with Crippen molar-refractivity contribution in [3.63, 3.8) is 0 Å². The highest BCUT2D eigenvalue weighted by Crippen LogP contribution is 2.34. The van der Waals surface area contributed by atoms with Gasteiger partial charge in [0.2, 0.25) is 5.67 Å². The quantitative estimate of drug-likeness (QED) is 0.617. The van der Waals surface area contributed by atoms with Crippen molar-refractivity contribution in [1.82, 2.24) is 24.9 Å². The Kier molecular flexibility index (Phi) is 6.99. The summed E-state index contributed by atoms with van der Waals surface area (Å²) >= 11 is 0. The Morgan fingerprint density at radius 1 is 1.29 bits per heavy atom.